The van der Waals surface area contributed by atoms with Gasteiger partial charge in [-0.05, 0) is 60.4 Å². The Labute approximate surface area is 177 Å². The van der Waals surface area contributed by atoms with Gasteiger partial charge in [0.2, 0.25) is 0 Å². The van der Waals surface area contributed by atoms with Crippen LogP contribution in [0, 0.1) is 11.7 Å². The van der Waals surface area contributed by atoms with Gasteiger partial charge in [-0.25, -0.2) is 0 Å². The van der Waals surface area contributed by atoms with E-state index in [1.54, 1.807) is 0 Å². The molecule has 2 aromatic rings. The predicted octanol–water partition coefficient (Wildman–Crippen LogP) is 6.42. The molecular weight excluding hydrogens is 355 g/mol. The lowest BCUT2D eigenvalue weighted by atomic mass is 9.80. The minimum Gasteiger partial charge on any atom is -0.392 e. The summed E-state index contributed by atoms with van der Waals surface area (Å²) < 4.78 is 12.2. The van der Waals surface area contributed by atoms with Gasteiger partial charge in [-0.3, -0.25) is 0 Å². The van der Waals surface area contributed by atoms with Crippen LogP contribution in [0.2, 0.25) is 0 Å². The molecule has 0 aliphatic carbocycles. The quantitative estimate of drug-likeness (QED) is 0.382. The summed E-state index contributed by atoms with van der Waals surface area (Å²) in [6.45, 7) is 21.7. The summed E-state index contributed by atoms with van der Waals surface area (Å²) in [5.74, 6) is 6.70. The highest BCUT2D eigenvalue weighted by molar-refractivity contribution is 6.55. The fourth-order valence-corrected chi connectivity index (χ4v) is 3.59. The Morgan fingerprint density at radius 2 is 1.38 bits per heavy atom. The molecule has 0 spiro atoms. The first-order chi connectivity index (χ1) is 13.1. The number of hydrogen-bond donors (Lipinski definition) is 0. The van der Waals surface area contributed by atoms with Gasteiger partial charge < -0.3 is 9.31 Å². The second-order valence-electron chi connectivity index (χ2n) is 11.3. The minimum absolute atomic E-state index is 0.00314. The first-order valence-electron chi connectivity index (χ1n) is 10.6. The molecule has 0 bridgehead atoms. The van der Waals surface area contributed by atoms with Gasteiger partial charge in [0.1, 0.15) is 0 Å². The Morgan fingerprint density at radius 3 is 1.90 bits per heavy atom. The lowest BCUT2D eigenvalue weighted by Gasteiger charge is -2.32. The third-order valence-electron chi connectivity index (χ3n) is 6.26. The Morgan fingerprint density at radius 1 is 0.793 bits per heavy atom. The standard InChI is InChI=1S/C26H35BO2/c1-23(2,3)19-12-13-20-18(17-19)11-14-22(24(4,5)6)21(20)15-16-27-28-25(7,8)26(9,10)29-27/h11-14,17H,1-10H3. The normalized spacial score (nSPS) is 18.6. The van der Waals surface area contributed by atoms with E-state index in [2.05, 4.69) is 111 Å². The summed E-state index contributed by atoms with van der Waals surface area (Å²) in [5.41, 5.74) is 3.02. The van der Waals surface area contributed by atoms with Gasteiger partial charge in [0.25, 0.3) is 0 Å². The molecule has 0 saturated carbocycles. The molecule has 0 unspecified atom stereocenters. The molecule has 1 heterocycles. The van der Waals surface area contributed by atoms with Gasteiger partial charge in [-0.1, -0.05) is 83.6 Å². The number of fused-ring (bicyclic) bond motifs is 1. The lowest BCUT2D eigenvalue weighted by Crippen LogP contribution is -2.41. The van der Waals surface area contributed by atoms with Crippen molar-refractivity contribution in [1.29, 1.82) is 0 Å². The summed E-state index contributed by atoms with van der Waals surface area (Å²) in [6, 6.07) is 11.2. The second-order valence-corrected chi connectivity index (χ2v) is 11.3. The van der Waals surface area contributed by atoms with Crippen LogP contribution in [0.4, 0.5) is 0 Å². The zero-order valence-corrected chi connectivity index (χ0v) is 19.8. The molecule has 0 radical (unpaired) electrons. The molecule has 1 aliphatic rings. The number of rotatable bonds is 0. The van der Waals surface area contributed by atoms with Crippen LogP contribution in [0.25, 0.3) is 10.8 Å². The summed E-state index contributed by atoms with van der Waals surface area (Å²) >= 11 is 0. The van der Waals surface area contributed by atoms with Crippen molar-refractivity contribution in [3.05, 3.63) is 47.0 Å². The summed E-state index contributed by atoms with van der Waals surface area (Å²) in [7, 11) is -0.517. The molecule has 29 heavy (non-hydrogen) atoms. The van der Waals surface area contributed by atoms with E-state index < -0.39 is 7.12 Å². The molecule has 0 amide bonds. The van der Waals surface area contributed by atoms with E-state index in [4.69, 9.17) is 9.31 Å². The topological polar surface area (TPSA) is 18.5 Å². The Balaban J connectivity index is 2.13. The van der Waals surface area contributed by atoms with Gasteiger partial charge >= 0.3 is 7.12 Å². The third kappa shape index (κ3) is 4.25. The first-order valence-corrected chi connectivity index (χ1v) is 10.6. The van der Waals surface area contributed by atoms with E-state index in [-0.39, 0.29) is 22.0 Å². The fraction of sp³-hybridized carbons (Fsp3) is 0.538. The molecular formula is C26H35BO2. The molecule has 2 nitrogen and oxygen atoms in total. The molecule has 3 heteroatoms. The summed E-state index contributed by atoms with van der Waals surface area (Å²) in [6.07, 6.45) is 0. The third-order valence-corrected chi connectivity index (χ3v) is 6.26. The van der Waals surface area contributed by atoms with Crippen LogP contribution in [-0.2, 0) is 20.1 Å². The molecule has 1 saturated heterocycles. The van der Waals surface area contributed by atoms with E-state index in [9.17, 15) is 0 Å². The van der Waals surface area contributed by atoms with Crippen LogP contribution in [0.15, 0.2) is 30.3 Å². The maximum atomic E-state index is 6.09. The van der Waals surface area contributed by atoms with Crippen LogP contribution in [0.1, 0.15) is 85.9 Å². The van der Waals surface area contributed by atoms with Crippen LogP contribution >= 0.6 is 0 Å². The monoisotopic (exact) mass is 390 g/mol. The number of hydrogen-bond acceptors (Lipinski definition) is 2. The highest BCUT2D eigenvalue weighted by Gasteiger charge is 2.50. The number of benzene rings is 2. The molecule has 3 rings (SSSR count). The summed E-state index contributed by atoms with van der Waals surface area (Å²) in [5, 5.41) is 2.41. The zero-order valence-electron chi connectivity index (χ0n) is 19.8. The Kier molecular flexibility index (Phi) is 5.22. The van der Waals surface area contributed by atoms with Gasteiger partial charge in [0.15, 0.2) is 0 Å². The Bertz CT molecular complexity index is 976. The van der Waals surface area contributed by atoms with Gasteiger partial charge in [-0.2, -0.15) is 0 Å². The lowest BCUT2D eigenvalue weighted by molar-refractivity contribution is 0.00578. The van der Waals surface area contributed by atoms with E-state index in [1.165, 1.54) is 21.9 Å². The van der Waals surface area contributed by atoms with Crippen molar-refractivity contribution < 1.29 is 9.31 Å². The van der Waals surface area contributed by atoms with Gasteiger partial charge in [-0.15, -0.1) is 0 Å². The SMILES string of the molecule is CC(C)(C)c1ccc2c(C#CB3OC(C)(C)C(C)(C)O3)c(C(C)(C)C)ccc2c1. The smallest absolute Gasteiger partial charge is 0.392 e. The van der Waals surface area contributed by atoms with Crippen molar-refractivity contribution in [3.63, 3.8) is 0 Å². The molecule has 1 fully saturated rings. The highest BCUT2D eigenvalue weighted by Crippen LogP contribution is 2.37. The van der Waals surface area contributed by atoms with Crippen LogP contribution < -0.4 is 0 Å². The molecule has 0 atom stereocenters. The minimum atomic E-state index is -0.517. The van der Waals surface area contributed by atoms with Gasteiger partial charge in [0.05, 0.1) is 11.2 Å². The maximum Gasteiger partial charge on any atom is 0.551 e. The van der Waals surface area contributed by atoms with Gasteiger partial charge in [0, 0.05) is 5.56 Å². The Hall–Kier alpha value is -1.76. The molecule has 0 aromatic heterocycles. The van der Waals surface area contributed by atoms with Crippen molar-refractivity contribution in [2.75, 3.05) is 0 Å². The largest absolute Gasteiger partial charge is 0.551 e. The van der Waals surface area contributed by atoms with E-state index in [1.807, 2.05) is 0 Å². The maximum absolute atomic E-state index is 6.09. The highest BCUT2D eigenvalue weighted by atomic mass is 16.7. The average Bonchev–Trinajstić information content (AvgIpc) is 2.77. The van der Waals surface area contributed by atoms with E-state index in [0.717, 1.165) is 5.56 Å². The van der Waals surface area contributed by atoms with Crippen molar-refractivity contribution in [1.82, 2.24) is 0 Å². The molecule has 0 N–H and O–H groups in total. The first kappa shape index (κ1) is 21.9. The predicted molar refractivity (Wildman–Crippen MR) is 124 cm³/mol. The van der Waals surface area contributed by atoms with Crippen molar-refractivity contribution in [2.24, 2.45) is 0 Å². The van der Waals surface area contributed by atoms with Crippen molar-refractivity contribution in [3.8, 4) is 11.7 Å². The van der Waals surface area contributed by atoms with Crippen LogP contribution in [0.3, 0.4) is 0 Å². The zero-order chi connectivity index (χ0) is 21.8. The van der Waals surface area contributed by atoms with E-state index >= 15 is 0 Å². The second kappa shape index (κ2) is 6.90. The average molecular weight is 390 g/mol. The van der Waals surface area contributed by atoms with Crippen LogP contribution in [0.5, 0.6) is 0 Å². The van der Waals surface area contributed by atoms with E-state index in [0.29, 0.717) is 0 Å². The van der Waals surface area contributed by atoms with Crippen molar-refractivity contribution >= 4 is 17.9 Å². The molecule has 154 valence electrons. The van der Waals surface area contributed by atoms with Crippen molar-refractivity contribution in [2.45, 2.75) is 91.3 Å². The fourth-order valence-electron chi connectivity index (χ4n) is 3.59. The molecule has 1 aliphatic heterocycles. The van der Waals surface area contributed by atoms with Crippen LogP contribution in [-0.4, -0.2) is 18.3 Å². The summed E-state index contributed by atoms with van der Waals surface area (Å²) in [4.78, 5) is 0. The molecule has 2 aromatic carbocycles.